The molecule has 1 aliphatic rings. The van der Waals surface area contributed by atoms with Crippen molar-refractivity contribution in [3.63, 3.8) is 0 Å². The van der Waals surface area contributed by atoms with Gasteiger partial charge in [0.1, 0.15) is 0 Å². The first-order valence-corrected chi connectivity index (χ1v) is 8.61. The van der Waals surface area contributed by atoms with E-state index in [1.165, 1.54) is 10.6 Å². The zero-order chi connectivity index (χ0) is 14.8. The minimum absolute atomic E-state index is 0.105. The molecule has 0 radical (unpaired) electrons. The van der Waals surface area contributed by atoms with E-state index in [0.29, 0.717) is 17.1 Å². The molecule has 0 saturated heterocycles. The lowest BCUT2D eigenvalue weighted by atomic mass is 10.2. The van der Waals surface area contributed by atoms with Gasteiger partial charge in [-0.15, -0.1) is 0 Å². The number of nitrogens with zero attached hydrogens (tertiary/aromatic N) is 1. The number of nitrogens with one attached hydrogen (secondary N) is 1. The highest BCUT2D eigenvalue weighted by Crippen LogP contribution is 2.28. The summed E-state index contributed by atoms with van der Waals surface area (Å²) >= 11 is 5.82. The molecule has 2 rings (SSSR count). The minimum Gasteiger partial charge on any atom is -0.351 e. The van der Waals surface area contributed by atoms with E-state index in [1.807, 2.05) is 0 Å². The van der Waals surface area contributed by atoms with Crippen molar-refractivity contribution in [1.29, 1.82) is 0 Å². The second-order valence-corrected chi connectivity index (χ2v) is 7.24. The van der Waals surface area contributed by atoms with Crippen molar-refractivity contribution in [3.8, 4) is 0 Å². The number of carbonyl (C=O) groups excluding carboxylic acids is 1. The van der Waals surface area contributed by atoms with Crippen LogP contribution in [0.2, 0.25) is 5.02 Å². The van der Waals surface area contributed by atoms with E-state index in [-0.39, 0.29) is 18.5 Å². The lowest BCUT2D eigenvalue weighted by molar-refractivity contribution is 0.0951. The first-order valence-electron chi connectivity index (χ1n) is 6.38. The second kappa shape index (κ2) is 6.11. The Balaban J connectivity index is 1.87. The van der Waals surface area contributed by atoms with Gasteiger partial charge in [-0.25, -0.2) is 8.42 Å². The van der Waals surface area contributed by atoms with Crippen LogP contribution < -0.4 is 5.32 Å². The fourth-order valence-corrected chi connectivity index (χ4v) is 3.36. The molecular formula is C13H17ClN2O3S. The van der Waals surface area contributed by atoms with Crippen molar-refractivity contribution >= 4 is 27.5 Å². The van der Waals surface area contributed by atoms with Crippen LogP contribution in [0.1, 0.15) is 23.2 Å². The molecule has 5 nitrogen and oxygen atoms in total. The predicted molar refractivity (Wildman–Crippen MR) is 78.4 cm³/mol. The molecule has 0 aliphatic heterocycles. The Labute approximate surface area is 124 Å². The molecule has 0 heterocycles. The van der Waals surface area contributed by atoms with Crippen LogP contribution in [0.3, 0.4) is 0 Å². The lowest BCUT2D eigenvalue weighted by Gasteiger charge is -2.19. The summed E-state index contributed by atoms with van der Waals surface area (Å²) in [7, 11) is -3.21. The zero-order valence-electron chi connectivity index (χ0n) is 11.2. The van der Waals surface area contributed by atoms with Crippen molar-refractivity contribution in [2.75, 3.05) is 19.3 Å². The minimum atomic E-state index is -3.21. The summed E-state index contributed by atoms with van der Waals surface area (Å²) in [5, 5.41) is 3.20. The number of benzene rings is 1. The molecular weight excluding hydrogens is 300 g/mol. The van der Waals surface area contributed by atoms with Gasteiger partial charge in [0.2, 0.25) is 10.0 Å². The molecule has 1 aromatic carbocycles. The van der Waals surface area contributed by atoms with Gasteiger partial charge >= 0.3 is 0 Å². The Bertz CT molecular complexity index is 599. The van der Waals surface area contributed by atoms with Gasteiger partial charge in [0, 0.05) is 29.7 Å². The smallest absolute Gasteiger partial charge is 0.251 e. The van der Waals surface area contributed by atoms with Crippen molar-refractivity contribution in [3.05, 3.63) is 34.9 Å². The van der Waals surface area contributed by atoms with Crippen LogP contribution in [0, 0.1) is 0 Å². The fraction of sp³-hybridized carbons (Fsp3) is 0.462. The van der Waals surface area contributed by atoms with E-state index in [2.05, 4.69) is 5.32 Å². The van der Waals surface area contributed by atoms with Crippen LogP contribution >= 0.6 is 11.6 Å². The normalized spacial score (nSPS) is 15.3. The zero-order valence-corrected chi connectivity index (χ0v) is 12.7. The van der Waals surface area contributed by atoms with E-state index < -0.39 is 10.0 Å². The summed E-state index contributed by atoms with van der Waals surface area (Å²) in [4.78, 5) is 11.9. The third-order valence-electron chi connectivity index (χ3n) is 3.08. The van der Waals surface area contributed by atoms with E-state index in [9.17, 15) is 13.2 Å². The Morgan fingerprint density at radius 1 is 1.45 bits per heavy atom. The highest BCUT2D eigenvalue weighted by Gasteiger charge is 2.34. The molecule has 7 heteroatoms. The molecule has 1 fully saturated rings. The SMILES string of the molecule is CS(=O)(=O)N(CCNC(=O)c1cccc(Cl)c1)C1CC1. The largest absolute Gasteiger partial charge is 0.351 e. The highest BCUT2D eigenvalue weighted by atomic mass is 35.5. The average Bonchev–Trinajstić information content (AvgIpc) is 3.17. The van der Waals surface area contributed by atoms with Gasteiger partial charge in [-0.2, -0.15) is 4.31 Å². The van der Waals surface area contributed by atoms with Crippen molar-refractivity contribution in [2.45, 2.75) is 18.9 Å². The number of hydrogen-bond donors (Lipinski definition) is 1. The molecule has 0 spiro atoms. The standard InChI is InChI=1S/C13H17ClN2O3S/c1-20(18,19)16(12-5-6-12)8-7-15-13(17)10-3-2-4-11(14)9-10/h2-4,9,12H,5-8H2,1H3,(H,15,17). The molecule has 0 bridgehead atoms. The van der Waals surface area contributed by atoms with Crippen LogP contribution in [0.5, 0.6) is 0 Å². The van der Waals surface area contributed by atoms with E-state index in [0.717, 1.165) is 12.8 Å². The van der Waals surface area contributed by atoms with Crippen molar-refractivity contribution in [2.24, 2.45) is 0 Å². The third-order valence-corrected chi connectivity index (χ3v) is 4.65. The van der Waals surface area contributed by atoms with Crippen LogP contribution in [0.4, 0.5) is 0 Å². The Kier molecular flexibility index (Phi) is 4.67. The number of amides is 1. The van der Waals surface area contributed by atoms with Crippen LogP contribution in [0.15, 0.2) is 24.3 Å². The summed E-state index contributed by atoms with van der Waals surface area (Å²) < 4.78 is 24.6. The van der Waals surface area contributed by atoms with Gasteiger partial charge in [-0.1, -0.05) is 17.7 Å². The monoisotopic (exact) mass is 316 g/mol. The van der Waals surface area contributed by atoms with Crippen LogP contribution in [-0.2, 0) is 10.0 Å². The van der Waals surface area contributed by atoms with Gasteiger partial charge in [-0.3, -0.25) is 4.79 Å². The van der Waals surface area contributed by atoms with Crippen molar-refractivity contribution in [1.82, 2.24) is 9.62 Å². The molecule has 1 saturated carbocycles. The molecule has 0 unspecified atom stereocenters. The van der Waals surface area contributed by atoms with Gasteiger partial charge in [0.05, 0.1) is 6.26 Å². The average molecular weight is 317 g/mol. The Morgan fingerprint density at radius 3 is 2.70 bits per heavy atom. The van der Waals surface area contributed by atoms with E-state index >= 15 is 0 Å². The van der Waals surface area contributed by atoms with Crippen LogP contribution in [-0.4, -0.2) is 44.0 Å². The Morgan fingerprint density at radius 2 is 2.15 bits per heavy atom. The summed E-state index contributed by atoms with van der Waals surface area (Å²) in [5.74, 6) is -0.253. The summed E-state index contributed by atoms with van der Waals surface area (Å²) in [6.45, 7) is 0.588. The van der Waals surface area contributed by atoms with Crippen LogP contribution in [0.25, 0.3) is 0 Å². The molecule has 1 aromatic rings. The molecule has 20 heavy (non-hydrogen) atoms. The molecule has 0 atom stereocenters. The molecule has 1 N–H and O–H groups in total. The quantitative estimate of drug-likeness (QED) is 0.864. The number of hydrogen-bond acceptors (Lipinski definition) is 3. The number of carbonyl (C=O) groups is 1. The predicted octanol–water partition coefficient (Wildman–Crippen LogP) is 1.49. The van der Waals surface area contributed by atoms with Gasteiger partial charge in [0.15, 0.2) is 0 Å². The van der Waals surface area contributed by atoms with E-state index in [1.54, 1.807) is 24.3 Å². The topological polar surface area (TPSA) is 66.5 Å². The number of sulfonamides is 1. The summed E-state index contributed by atoms with van der Waals surface area (Å²) in [5.41, 5.74) is 0.467. The summed E-state index contributed by atoms with van der Waals surface area (Å²) in [6, 6.07) is 6.73. The molecule has 0 aromatic heterocycles. The van der Waals surface area contributed by atoms with Gasteiger partial charge < -0.3 is 5.32 Å². The fourth-order valence-electron chi connectivity index (χ4n) is 1.99. The first kappa shape index (κ1) is 15.3. The van der Waals surface area contributed by atoms with E-state index in [4.69, 9.17) is 11.6 Å². The summed E-state index contributed by atoms with van der Waals surface area (Å²) in [6.07, 6.45) is 2.99. The number of rotatable bonds is 6. The number of halogens is 1. The van der Waals surface area contributed by atoms with Gasteiger partial charge in [0.25, 0.3) is 5.91 Å². The Hall–Kier alpha value is -1.11. The maximum atomic E-state index is 11.9. The highest BCUT2D eigenvalue weighted by molar-refractivity contribution is 7.88. The third kappa shape index (κ3) is 4.19. The molecule has 1 aliphatic carbocycles. The maximum Gasteiger partial charge on any atom is 0.251 e. The maximum absolute atomic E-state index is 11.9. The molecule has 1 amide bonds. The lowest BCUT2D eigenvalue weighted by Crippen LogP contribution is -2.39. The first-order chi connectivity index (χ1) is 9.38. The van der Waals surface area contributed by atoms with Gasteiger partial charge in [-0.05, 0) is 31.0 Å². The van der Waals surface area contributed by atoms with Crippen molar-refractivity contribution < 1.29 is 13.2 Å². The second-order valence-electron chi connectivity index (χ2n) is 4.87. The molecule has 110 valence electrons.